The van der Waals surface area contributed by atoms with Crippen LogP contribution in [-0.2, 0) is 9.53 Å². The van der Waals surface area contributed by atoms with Crippen molar-refractivity contribution >= 4 is 5.97 Å². The molecule has 0 saturated heterocycles. The Morgan fingerprint density at radius 1 is 1.83 bits per heavy atom. The van der Waals surface area contributed by atoms with E-state index in [9.17, 15) is 13.6 Å². The molecule has 3 nitrogen and oxygen atoms in total. The summed E-state index contributed by atoms with van der Waals surface area (Å²) in [5.74, 6) is -1.73. The molecule has 2 N–H and O–H groups in total. The van der Waals surface area contributed by atoms with Gasteiger partial charge in [0.1, 0.15) is 5.54 Å². The average Bonchev–Trinajstić information content (AvgIpc) is 2.65. The molecule has 0 aromatic carbocycles. The highest BCUT2D eigenvalue weighted by atomic mass is 19.3. The average molecular weight is 179 g/mol. The zero-order chi connectivity index (χ0) is 9.35. The van der Waals surface area contributed by atoms with E-state index < -0.39 is 23.9 Å². The first-order valence-electron chi connectivity index (χ1n) is 3.76. The summed E-state index contributed by atoms with van der Waals surface area (Å²) in [5.41, 5.74) is 3.95. The zero-order valence-corrected chi connectivity index (χ0v) is 6.72. The maximum atomic E-state index is 12.0. The maximum absolute atomic E-state index is 12.0. The highest BCUT2D eigenvalue weighted by Crippen LogP contribution is 2.46. The van der Waals surface area contributed by atoms with Gasteiger partial charge in [-0.1, -0.05) is 0 Å². The second-order valence-corrected chi connectivity index (χ2v) is 2.91. The topological polar surface area (TPSA) is 52.3 Å². The summed E-state index contributed by atoms with van der Waals surface area (Å²) in [7, 11) is 0. The van der Waals surface area contributed by atoms with E-state index in [1.165, 1.54) is 0 Å². The molecule has 0 aromatic rings. The minimum Gasteiger partial charge on any atom is -0.465 e. The molecule has 0 bridgehead atoms. The molecule has 1 fully saturated rings. The first kappa shape index (κ1) is 9.38. The van der Waals surface area contributed by atoms with Gasteiger partial charge in [0.05, 0.1) is 12.5 Å². The van der Waals surface area contributed by atoms with Crippen molar-refractivity contribution in [3.8, 4) is 0 Å². The summed E-state index contributed by atoms with van der Waals surface area (Å²) in [4.78, 5) is 11.0. The van der Waals surface area contributed by atoms with Gasteiger partial charge in [0.15, 0.2) is 0 Å². The molecule has 0 heterocycles. The number of esters is 1. The number of halogens is 2. The molecule has 1 rings (SSSR count). The van der Waals surface area contributed by atoms with Gasteiger partial charge in [-0.25, -0.2) is 8.78 Å². The highest BCUT2D eigenvalue weighted by Gasteiger charge is 2.62. The summed E-state index contributed by atoms with van der Waals surface area (Å²) in [6.07, 6.45) is -2.50. The van der Waals surface area contributed by atoms with Crippen LogP contribution in [0.3, 0.4) is 0 Å². The van der Waals surface area contributed by atoms with Crippen LogP contribution in [0.25, 0.3) is 0 Å². The van der Waals surface area contributed by atoms with Crippen molar-refractivity contribution in [3.63, 3.8) is 0 Å². The van der Waals surface area contributed by atoms with Gasteiger partial charge in [-0.2, -0.15) is 0 Å². The predicted molar refractivity (Wildman–Crippen MR) is 37.7 cm³/mol. The van der Waals surface area contributed by atoms with Gasteiger partial charge in [0.25, 0.3) is 0 Å². The second-order valence-electron chi connectivity index (χ2n) is 2.91. The van der Waals surface area contributed by atoms with Crippen molar-refractivity contribution in [1.82, 2.24) is 0 Å². The van der Waals surface area contributed by atoms with Gasteiger partial charge in [0, 0.05) is 0 Å². The standard InChI is InChI=1S/C7H11F2NO2/c1-2-12-6(11)7(10)3-4(7)5(8)9/h4-5H,2-3,10H2,1H3/t4?,7-/m1/s1. The van der Waals surface area contributed by atoms with Gasteiger partial charge in [-0.3, -0.25) is 4.79 Å². The normalized spacial score (nSPS) is 33.6. The van der Waals surface area contributed by atoms with Gasteiger partial charge in [-0.05, 0) is 13.3 Å². The molecular formula is C7H11F2NO2. The molecule has 70 valence electrons. The van der Waals surface area contributed by atoms with Crippen LogP contribution in [0.1, 0.15) is 13.3 Å². The van der Waals surface area contributed by atoms with Crippen LogP contribution in [0.4, 0.5) is 8.78 Å². The Labute approximate surface area is 68.9 Å². The SMILES string of the molecule is CCOC(=O)[C@@]1(N)CC1C(F)F. The lowest BCUT2D eigenvalue weighted by Gasteiger charge is -2.09. The molecule has 0 spiro atoms. The number of rotatable bonds is 3. The van der Waals surface area contributed by atoms with Crippen LogP contribution in [0.5, 0.6) is 0 Å². The van der Waals surface area contributed by atoms with E-state index in [1.54, 1.807) is 6.92 Å². The van der Waals surface area contributed by atoms with E-state index in [0.29, 0.717) is 0 Å². The zero-order valence-electron chi connectivity index (χ0n) is 6.72. The molecule has 2 atom stereocenters. The maximum Gasteiger partial charge on any atom is 0.326 e. The Kier molecular flexibility index (Phi) is 2.32. The Morgan fingerprint density at radius 2 is 2.42 bits per heavy atom. The van der Waals surface area contributed by atoms with E-state index in [0.717, 1.165) is 0 Å². The summed E-state index contributed by atoms with van der Waals surface area (Å²) in [5, 5.41) is 0. The smallest absolute Gasteiger partial charge is 0.326 e. The first-order chi connectivity index (χ1) is 5.52. The lowest BCUT2D eigenvalue weighted by molar-refractivity contribution is -0.146. The number of ether oxygens (including phenoxy) is 1. The van der Waals surface area contributed by atoms with Crippen LogP contribution in [0, 0.1) is 5.92 Å². The quantitative estimate of drug-likeness (QED) is 0.643. The van der Waals surface area contributed by atoms with E-state index in [4.69, 9.17) is 5.73 Å². The third kappa shape index (κ3) is 1.41. The highest BCUT2D eigenvalue weighted by molar-refractivity contribution is 5.84. The number of carbonyl (C=O) groups is 1. The lowest BCUT2D eigenvalue weighted by Crippen LogP contribution is -2.38. The molecule has 0 radical (unpaired) electrons. The fraction of sp³-hybridized carbons (Fsp3) is 0.857. The molecule has 0 amide bonds. The number of hydrogen-bond donors (Lipinski definition) is 1. The van der Waals surface area contributed by atoms with Gasteiger partial charge in [-0.15, -0.1) is 0 Å². The van der Waals surface area contributed by atoms with Gasteiger partial charge < -0.3 is 10.5 Å². The molecule has 12 heavy (non-hydrogen) atoms. The monoisotopic (exact) mass is 179 g/mol. The Hall–Kier alpha value is -0.710. The summed E-state index contributed by atoms with van der Waals surface area (Å²) < 4.78 is 28.6. The predicted octanol–water partition coefficient (Wildman–Crippen LogP) is 0.532. The van der Waals surface area contributed by atoms with Crippen molar-refractivity contribution in [3.05, 3.63) is 0 Å². The van der Waals surface area contributed by atoms with Crippen molar-refractivity contribution < 1.29 is 18.3 Å². The lowest BCUT2D eigenvalue weighted by atomic mass is 10.2. The number of alkyl halides is 2. The molecule has 1 aliphatic carbocycles. The summed E-state index contributed by atoms with van der Waals surface area (Å²) in [6, 6.07) is 0. The van der Waals surface area contributed by atoms with E-state index in [1.807, 2.05) is 0 Å². The van der Waals surface area contributed by atoms with E-state index in [2.05, 4.69) is 4.74 Å². The molecular weight excluding hydrogens is 168 g/mol. The molecule has 0 aliphatic heterocycles. The number of nitrogens with two attached hydrogens (primary N) is 1. The second kappa shape index (κ2) is 2.97. The van der Waals surface area contributed by atoms with E-state index in [-0.39, 0.29) is 13.0 Å². The Balaban J connectivity index is 2.49. The summed E-state index contributed by atoms with van der Waals surface area (Å²) in [6.45, 7) is 1.79. The largest absolute Gasteiger partial charge is 0.465 e. The molecule has 1 saturated carbocycles. The molecule has 5 heteroatoms. The van der Waals surface area contributed by atoms with Crippen LogP contribution in [-0.4, -0.2) is 24.5 Å². The first-order valence-corrected chi connectivity index (χ1v) is 3.76. The molecule has 0 aromatic heterocycles. The van der Waals surface area contributed by atoms with Crippen molar-refractivity contribution in [2.24, 2.45) is 11.7 Å². The minimum absolute atomic E-state index is 0.0312. The fourth-order valence-electron chi connectivity index (χ4n) is 1.12. The van der Waals surface area contributed by atoms with Crippen LogP contribution in [0.2, 0.25) is 0 Å². The van der Waals surface area contributed by atoms with E-state index >= 15 is 0 Å². The third-order valence-electron chi connectivity index (χ3n) is 2.02. The minimum atomic E-state index is -2.53. The van der Waals surface area contributed by atoms with Crippen molar-refractivity contribution in [2.45, 2.75) is 25.3 Å². The summed E-state index contributed by atoms with van der Waals surface area (Å²) >= 11 is 0. The van der Waals surface area contributed by atoms with Crippen molar-refractivity contribution in [1.29, 1.82) is 0 Å². The van der Waals surface area contributed by atoms with Gasteiger partial charge >= 0.3 is 5.97 Å². The van der Waals surface area contributed by atoms with Crippen molar-refractivity contribution in [2.75, 3.05) is 6.61 Å². The number of carbonyl (C=O) groups excluding carboxylic acids is 1. The van der Waals surface area contributed by atoms with Crippen LogP contribution >= 0.6 is 0 Å². The van der Waals surface area contributed by atoms with Crippen LogP contribution < -0.4 is 5.73 Å². The van der Waals surface area contributed by atoms with Crippen LogP contribution in [0.15, 0.2) is 0 Å². The molecule has 1 aliphatic rings. The third-order valence-corrected chi connectivity index (χ3v) is 2.02. The molecule has 1 unspecified atom stereocenters. The fourth-order valence-corrected chi connectivity index (χ4v) is 1.12. The number of hydrogen-bond acceptors (Lipinski definition) is 3. The van der Waals surface area contributed by atoms with Gasteiger partial charge in [0.2, 0.25) is 6.43 Å². The Bertz CT molecular complexity index is 198. The Morgan fingerprint density at radius 3 is 2.75 bits per heavy atom.